The third-order valence-electron chi connectivity index (χ3n) is 9.51. The van der Waals surface area contributed by atoms with Gasteiger partial charge in [0.25, 0.3) is 0 Å². The maximum atomic E-state index is 2.46. The third-order valence-corrected chi connectivity index (χ3v) is 9.51. The van der Waals surface area contributed by atoms with Gasteiger partial charge in [0.2, 0.25) is 0 Å². The van der Waals surface area contributed by atoms with Gasteiger partial charge < -0.3 is 4.90 Å². The molecule has 0 unspecified atom stereocenters. The Hall–Kier alpha value is -4.10. The molecule has 0 fully saturated rings. The van der Waals surface area contributed by atoms with Crippen LogP contribution >= 0.6 is 0 Å². The van der Waals surface area contributed by atoms with Crippen LogP contribution in [0, 0.1) is 13.8 Å². The van der Waals surface area contributed by atoms with Gasteiger partial charge in [0.15, 0.2) is 0 Å². The van der Waals surface area contributed by atoms with Crippen molar-refractivity contribution in [3.63, 3.8) is 0 Å². The lowest BCUT2D eigenvalue weighted by atomic mass is 9.64. The zero-order valence-electron chi connectivity index (χ0n) is 24.4. The summed E-state index contributed by atoms with van der Waals surface area (Å²) in [6.45, 7) is 13.8. The summed E-state index contributed by atoms with van der Waals surface area (Å²) >= 11 is 0. The highest BCUT2D eigenvalue weighted by Crippen LogP contribution is 2.53. The fourth-order valence-electron chi connectivity index (χ4n) is 7.37. The summed E-state index contributed by atoms with van der Waals surface area (Å²) in [5.74, 6) is 0.222. The van der Waals surface area contributed by atoms with Crippen molar-refractivity contribution in [1.29, 1.82) is 0 Å². The average molecular weight is 520 g/mol. The van der Waals surface area contributed by atoms with Crippen molar-refractivity contribution in [2.75, 3.05) is 4.90 Å². The van der Waals surface area contributed by atoms with Gasteiger partial charge in [0, 0.05) is 22.4 Å². The van der Waals surface area contributed by atoms with Crippen LogP contribution in [0.2, 0.25) is 0 Å². The van der Waals surface area contributed by atoms with Crippen molar-refractivity contribution in [1.82, 2.24) is 0 Å². The van der Waals surface area contributed by atoms with Crippen LogP contribution in [0.25, 0.3) is 0 Å². The summed E-state index contributed by atoms with van der Waals surface area (Å²) in [7, 11) is 0. The zero-order chi connectivity index (χ0) is 27.8. The zero-order valence-corrected chi connectivity index (χ0v) is 24.4. The van der Waals surface area contributed by atoms with E-state index < -0.39 is 0 Å². The normalized spacial score (nSPS) is 16.5. The lowest BCUT2D eigenvalue weighted by molar-refractivity contribution is 0.597. The lowest BCUT2D eigenvalue weighted by Gasteiger charge is -2.42. The van der Waals surface area contributed by atoms with Crippen LogP contribution in [0.1, 0.15) is 83.7 Å². The van der Waals surface area contributed by atoms with Crippen molar-refractivity contribution in [3.05, 3.63) is 159 Å². The minimum absolute atomic E-state index is 0.0199. The first-order chi connectivity index (χ1) is 19.2. The molecule has 0 saturated heterocycles. The number of hydrogen-bond acceptors (Lipinski definition) is 1. The average Bonchev–Trinajstić information content (AvgIpc) is 2.95. The standard InChI is InChI=1S/C39H37N/c1-25-15-21-35-33(23-25)39(5,6)34-24-26(2)16-22-36(34)40(35)28-19-17-27(18-20-28)37-29-11-7-9-13-31(29)38(3,4)32-14-10-8-12-30(32)37/h7-24,37H,1-6H3. The van der Waals surface area contributed by atoms with E-state index in [1.807, 2.05) is 0 Å². The molecule has 7 rings (SSSR count). The van der Waals surface area contributed by atoms with Gasteiger partial charge in [0.05, 0.1) is 11.4 Å². The van der Waals surface area contributed by atoms with Gasteiger partial charge in [-0.05, 0) is 77.1 Å². The topological polar surface area (TPSA) is 3.24 Å². The quantitative estimate of drug-likeness (QED) is 0.224. The Labute approximate surface area is 239 Å². The van der Waals surface area contributed by atoms with Crippen LogP contribution in [0.4, 0.5) is 17.1 Å². The Balaban J connectivity index is 1.38. The second-order valence-corrected chi connectivity index (χ2v) is 12.8. The summed E-state index contributed by atoms with van der Waals surface area (Å²) in [6, 6.07) is 41.3. The van der Waals surface area contributed by atoms with E-state index in [-0.39, 0.29) is 16.7 Å². The van der Waals surface area contributed by atoms with E-state index in [0.717, 1.165) is 0 Å². The summed E-state index contributed by atoms with van der Waals surface area (Å²) in [5.41, 5.74) is 16.0. The van der Waals surface area contributed by atoms with Crippen LogP contribution < -0.4 is 4.90 Å². The number of nitrogens with zero attached hydrogens (tertiary/aromatic N) is 1. The highest BCUT2D eigenvalue weighted by molar-refractivity contribution is 5.86. The number of hydrogen-bond donors (Lipinski definition) is 0. The van der Waals surface area contributed by atoms with Gasteiger partial charge in [0.1, 0.15) is 0 Å². The molecular formula is C39H37N. The highest BCUT2D eigenvalue weighted by atomic mass is 15.2. The van der Waals surface area contributed by atoms with Gasteiger partial charge in [-0.2, -0.15) is 0 Å². The number of rotatable bonds is 2. The molecule has 0 bridgehead atoms. The molecule has 1 aliphatic carbocycles. The van der Waals surface area contributed by atoms with E-state index in [1.54, 1.807) is 0 Å². The number of aryl methyl sites for hydroxylation is 2. The molecule has 1 nitrogen and oxygen atoms in total. The van der Waals surface area contributed by atoms with Crippen molar-refractivity contribution in [2.24, 2.45) is 0 Å². The number of fused-ring (bicyclic) bond motifs is 4. The molecule has 2 aliphatic rings. The lowest BCUT2D eigenvalue weighted by Crippen LogP contribution is -2.31. The fourth-order valence-corrected chi connectivity index (χ4v) is 7.37. The van der Waals surface area contributed by atoms with Crippen LogP contribution in [-0.4, -0.2) is 0 Å². The monoisotopic (exact) mass is 519 g/mol. The Kier molecular flexibility index (Phi) is 5.42. The number of anilines is 3. The van der Waals surface area contributed by atoms with Crippen molar-refractivity contribution in [3.8, 4) is 0 Å². The predicted molar refractivity (Wildman–Crippen MR) is 169 cm³/mol. The Morgan fingerprint density at radius 2 is 0.950 bits per heavy atom. The first kappa shape index (κ1) is 24.9. The molecule has 0 aromatic heterocycles. The number of benzene rings is 5. The molecule has 1 heteroatoms. The Morgan fingerprint density at radius 1 is 0.500 bits per heavy atom. The molecule has 198 valence electrons. The van der Waals surface area contributed by atoms with Crippen LogP contribution in [0.3, 0.4) is 0 Å². The van der Waals surface area contributed by atoms with E-state index in [4.69, 9.17) is 0 Å². The van der Waals surface area contributed by atoms with E-state index in [9.17, 15) is 0 Å². The van der Waals surface area contributed by atoms with E-state index >= 15 is 0 Å². The second-order valence-electron chi connectivity index (χ2n) is 12.8. The summed E-state index contributed by atoms with van der Waals surface area (Å²) in [4.78, 5) is 2.46. The van der Waals surface area contributed by atoms with Crippen LogP contribution in [0.15, 0.2) is 109 Å². The molecule has 40 heavy (non-hydrogen) atoms. The Morgan fingerprint density at radius 3 is 1.45 bits per heavy atom. The van der Waals surface area contributed by atoms with Crippen LogP contribution in [-0.2, 0) is 10.8 Å². The maximum Gasteiger partial charge on any atom is 0.0502 e. The smallest absolute Gasteiger partial charge is 0.0502 e. The summed E-state index contributed by atoms with van der Waals surface area (Å²) in [5, 5.41) is 0. The van der Waals surface area contributed by atoms with Crippen molar-refractivity contribution >= 4 is 17.1 Å². The molecule has 0 N–H and O–H groups in total. The maximum absolute atomic E-state index is 2.46. The van der Waals surface area contributed by atoms with Gasteiger partial charge in [-0.3, -0.25) is 0 Å². The van der Waals surface area contributed by atoms with Gasteiger partial charge in [-0.1, -0.05) is 124 Å². The van der Waals surface area contributed by atoms with E-state index in [1.165, 1.54) is 67.1 Å². The largest absolute Gasteiger partial charge is 0.310 e. The van der Waals surface area contributed by atoms with Crippen LogP contribution in [0.5, 0.6) is 0 Å². The SMILES string of the molecule is Cc1ccc2c(c1)C(C)(C)c1cc(C)ccc1N2c1ccc(C2c3ccccc3C(C)(C)c3ccccc32)cc1. The fraction of sp³-hybridized carbons (Fsp3) is 0.231. The summed E-state index contributed by atoms with van der Waals surface area (Å²) < 4.78 is 0. The van der Waals surface area contributed by atoms with Gasteiger partial charge >= 0.3 is 0 Å². The van der Waals surface area contributed by atoms with E-state index in [0.29, 0.717) is 0 Å². The molecule has 5 aromatic carbocycles. The first-order valence-electron chi connectivity index (χ1n) is 14.5. The van der Waals surface area contributed by atoms with Gasteiger partial charge in [-0.25, -0.2) is 0 Å². The van der Waals surface area contributed by atoms with E-state index in [2.05, 4.69) is 156 Å². The molecule has 0 atom stereocenters. The minimum Gasteiger partial charge on any atom is -0.310 e. The summed E-state index contributed by atoms with van der Waals surface area (Å²) in [6.07, 6.45) is 0. The molecule has 0 spiro atoms. The molecular weight excluding hydrogens is 482 g/mol. The Bertz CT molecular complexity index is 1660. The third kappa shape index (κ3) is 3.53. The molecule has 1 aliphatic heterocycles. The van der Waals surface area contributed by atoms with Gasteiger partial charge in [-0.15, -0.1) is 0 Å². The highest BCUT2D eigenvalue weighted by Gasteiger charge is 2.39. The first-order valence-corrected chi connectivity index (χ1v) is 14.5. The second kappa shape index (κ2) is 8.70. The molecule has 0 radical (unpaired) electrons. The predicted octanol–water partition coefficient (Wildman–Crippen LogP) is 10.2. The molecule has 0 saturated carbocycles. The molecule has 5 aromatic rings. The molecule has 1 heterocycles. The van der Waals surface area contributed by atoms with Crippen molar-refractivity contribution < 1.29 is 0 Å². The van der Waals surface area contributed by atoms with Crippen molar-refractivity contribution in [2.45, 2.75) is 58.3 Å². The minimum atomic E-state index is -0.0680. The molecule has 0 amide bonds.